The highest BCUT2D eigenvalue weighted by molar-refractivity contribution is 5.81. The lowest BCUT2D eigenvalue weighted by atomic mass is 10.0. The molecule has 2 unspecified atom stereocenters. The summed E-state index contributed by atoms with van der Waals surface area (Å²) < 4.78 is 10.6. The quantitative estimate of drug-likeness (QED) is 0.546. The van der Waals surface area contributed by atoms with Crippen LogP contribution in [0.5, 0.6) is 0 Å². The van der Waals surface area contributed by atoms with E-state index in [0.717, 1.165) is 12.0 Å². The van der Waals surface area contributed by atoms with E-state index in [1.54, 1.807) is 0 Å². The van der Waals surface area contributed by atoms with E-state index in [1.807, 2.05) is 13.8 Å². The summed E-state index contributed by atoms with van der Waals surface area (Å²) in [5.74, 6) is 0.292. The highest BCUT2D eigenvalue weighted by atomic mass is 16.5. The van der Waals surface area contributed by atoms with Crippen molar-refractivity contribution in [2.75, 3.05) is 26.4 Å². The van der Waals surface area contributed by atoms with Gasteiger partial charge < -0.3 is 14.8 Å². The van der Waals surface area contributed by atoms with Crippen molar-refractivity contribution in [3.63, 3.8) is 0 Å². The Labute approximate surface area is 97.0 Å². The molecule has 0 bridgehead atoms. The number of carbonyl (C=O) groups excluding carboxylic acids is 1. The number of ether oxygens (including phenoxy) is 2. The summed E-state index contributed by atoms with van der Waals surface area (Å²) in [6.45, 7) is 9.95. The van der Waals surface area contributed by atoms with E-state index in [0.29, 0.717) is 32.3 Å². The average Bonchev–Trinajstić information content (AvgIpc) is 2.63. The van der Waals surface area contributed by atoms with Gasteiger partial charge >= 0.3 is 0 Å². The number of hydrogen-bond donors (Lipinski definition) is 1. The molecule has 0 aromatic carbocycles. The zero-order valence-corrected chi connectivity index (χ0v) is 10.1. The average molecular weight is 227 g/mol. The standard InChI is InChI=1S/C12H21NO3/c1-9(2)8-15-7-5-13-12(14)11-10(3)4-6-16-11/h10-11H,1,4-8H2,2-3H3,(H,13,14). The summed E-state index contributed by atoms with van der Waals surface area (Å²) in [5, 5.41) is 2.81. The molecule has 1 heterocycles. The minimum Gasteiger partial charge on any atom is -0.375 e. The van der Waals surface area contributed by atoms with Gasteiger partial charge in [-0.15, -0.1) is 0 Å². The SMILES string of the molecule is C=C(C)COCCNC(=O)C1OCCC1C. The van der Waals surface area contributed by atoms with Crippen molar-refractivity contribution in [2.24, 2.45) is 5.92 Å². The molecule has 1 fully saturated rings. The summed E-state index contributed by atoms with van der Waals surface area (Å²) in [6, 6.07) is 0. The third-order valence-electron chi connectivity index (χ3n) is 2.54. The molecule has 1 saturated heterocycles. The summed E-state index contributed by atoms with van der Waals surface area (Å²) in [6.07, 6.45) is 0.686. The minimum atomic E-state index is -0.277. The van der Waals surface area contributed by atoms with Gasteiger partial charge in [-0.25, -0.2) is 0 Å². The second-order valence-corrected chi connectivity index (χ2v) is 4.36. The number of rotatable bonds is 6. The monoisotopic (exact) mass is 227 g/mol. The number of hydrogen-bond acceptors (Lipinski definition) is 3. The van der Waals surface area contributed by atoms with Crippen LogP contribution in [-0.4, -0.2) is 38.4 Å². The largest absolute Gasteiger partial charge is 0.375 e. The topological polar surface area (TPSA) is 47.6 Å². The van der Waals surface area contributed by atoms with Gasteiger partial charge in [-0.05, 0) is 19.3 Å². The van der Waals surface area contributed by atoms with E-state index in [4.69, 9.17) is 9.47 Å². The lowest BCUT2D eigenvalue weighted by Gasteiger charge is -2.14. The Kier molecular flexibility index (Phi) is 5.49. The fraction of sp³-hybridized carbons (Fsp3) is 0.750. The van der Waals surface area contributed by atoms with E-state index in [2.05, 4.69) is 11.9 Å². The Morgan fingerprint density at radius 2 is 2.38 bits per heavy atom. The lowest BCUT2D eigenvalue weighted by molar-refractivity contribution is -0.131. The molecule has 0 aromatic heterocycles. The molecular weight excluding hydrogens is 206 g/mol. The van der Waals surface area contributed by atoms with Gasteiger partial charge in [-0.2, -0.15) is 0 Å². The first kappa shape index (κ1) is 13.2. The molecule has 0 spiro atoms. The molecule has 0 radical (unpaired) electrons. The molecule has 1 aliphatic heterocycles. The second-order valence-electron chi connectivity index (χ2n) is 4.36. The van der Waals surface area contributed by atoms with Gasteiger partial charge in [0.05, 0.1) is 13.2 Å². The molecule has 0 aliphatic carbocycles. The molecule has 16 heavy (non-hydrogen) atoms. The maximum atomic E-state index is 11.6. The normalized spacial score (nSPS) is 24.4. The first-order valence-corrected chi connectivity index (χ1v) is 5.72. The fourth-order valence-electron chi connectivity index (χ4n) is 1.62. The summed E-state index contributed by atoms with van der Waals surface area (Å²) in [7, 11) is 0. The van der Waals surface area contributed by atoms with Gasteiger partial charge in [0.1, 0.15) is 6.10 Å². The van der Waals surface area contributed by atoms with Gasteiger partial charge in [0.15, 0.2) is 0 Å². The first-order valence-electron chi connectivity index (χ1n) is 5.72. The molecule has 92 valence electrons. The molecule has 1 amide bonds. The van der Waals surface area contributed by atoms with Gasteiger partial charge in [-0.1, -0.05) is 19.1 Å². The van der Waals surface area contributed by atoms with Gasteiger partial charge in [0.25, 0.3) is 0 Å². The first-order chi connectivity index (χ1) is 7.61. The second kappa shape index (κ2) is 6.66. The van der Waals surface area contributed by atoms with E-state index in [1.165, 1.54) is 0 Å². The summed E-state index contributed by atoms with van der Waals surface area (Å²) >= 11 is 0. The van der Waals surface area contributed by atoms with E-state index < -0.39 is 0 Å². The third-order valence-corrected chi connectivity index (χ3v) is 2.54. The van der Waals surface area contributed by atoms with Crippen LogP contribution in [-0.2, 0) is 14.3 Å². The third kappa shape index (κ3) is 4.33. The highest BCUT2D eigenvalue weighted by Gasteiger charge is 2.30. The maximum absolute atomic E-state index is 11.6. The van der Waals surface area contributed by atoms with E-state index >= 15 is 0 Å². The molecule has 1 rings (SSSR count). The Hall–Kier alpha value is -0.870. The maximum Gasteiger partial charge on any atom is 0.249 e. The molecular formula is C12H21NO3. The summed E-state index contributed by atoms with van der Waals surface area (Å²) in [5.41, 5.74) is 0.985. The predicted octanol–water partition coefficient (Wildman–Crippen LogP) is 1.12. The molecule has 2 atom stereocenters. The molecule has 0 aromatic rings. The molecule has 0 saturated carbocycles. The van der Waals surface area contributed by atoms with Crippen LogP contribution < -0.4 is 5.32 Å². The number of carbonyl (C=O) groups is 1. The Balaban J connectivity index is 2.08. The zero-order chi connectivity index (χ0) is 12.0. The van der Waals surface area contributed by atoms with Crippen LogP contribution in [0.1, 0.15) is 20.3 Å². The van der Waals surface area contributed by atoms with Gasteiger partial charge in [-0.3, -0.25) is 4.79 Å². The van der Waals surface area contributed by atoms with Crippen LogP contribution in [0.25, 0.3) is 0 Å². The van der Waals surface area contributed by atoms with Crippen molar-refractivity contribution in [1.29, 1.82) is 0 Å². The number of amides is 1. The van der Waals surface area contributed by atoms with E-state index in [-0.39, 0.29) is 12.0 Å². The van der Waals surface area contributed by atoms with Gasteiger partial charge in [0.2, 0.25) is 5.91 Å². The smallest absolute Gasteiger partial charge is 0.249 e. The van der Waals surface area contributed by atoms with E-state index in [9.17, 15) is 4.79 Å². The molecule has 1 aliphatic rings. The molecule has 4 nitrogen and oxygen atoms in total. The van der Waals surface area contributed by atoms with Crippen LogP contribution in [0.15, 0.2) is 12.2 Å². The van der Waals surface area contributed by atoms with Crippen molar-refractivity contribution >= 4 is 5.91 Å². The minimum absolute atomic E-state index is 0.0241. The Morgan fingerprint density at radius 1 is 1.62 bits per heavy atom. The van der Waals surface area contributed by atoms with Crippen LogP contribution in [0, 0.1) is 5.92 Å². The van der Waals surface area contributed by atoms with Crippen LogP contribution in [0.4, 0.5) is 0 Å². The lowest BCUT2D eigenvalue weighted by Crippen LogP contribution is -2.38. The van der Waals surface area contributed by atoms with Crippen molar-refractivity contribution in [1.82, 2.24) is 5.32 Å². The van der Waals surface area contributed by atoms with Crippen molar-refractivity contribution in [2.45, 2.75) is 26.4 Å². The molecule has 4 heteroatoms. The predicted molar refractivity (Wildman–Crippen MR) is 62.2 cm³/mol. The van der Waals surface area contributed by atoms with Crippen LogP contribution in [0.3, 0.4) is 0 Å². The number of nitrogens with one attached hydrogen (secondary N) is 1. The highest BCUT2D eigenvalue weighted by Crippen LogP contribution is 2.19. The summed E-state index contributed by atoms with van der Waals surface area (Å²) in [4.78, 5) is 11.6. The Bertz CT molecular complexity index is 253. The van der Waals surface area contributed by atoms with Crippen molar-refractivity contribution < 1.29 is 14.3 Å². The van der Waals surface area contributed by atoms with Crippen molar-refractivity contribution in [3.8, 4) is 0 Å². The van der Waals surface area contributed by atoms with Crippen molar-refractivity contribution in [3.05, 3.63) is 12.2 Å². The van der Waals surface area contributed by atoms with Crippen LogP contribution >= 0.6 is 0 Å². The fourth-order valence-corrected chi connectivity index (χ4v) is 1.62. The van der Waals surface area contributed by atoms with Crippen LogP contribution in [0.2, 0.25) is 0 Å². The Morgan fingerprint density at radius 3 is 2.94 bits per heavy atom. The zero-order valence-electron chi connectivity index (χ0n) is 10.1. The van der Waals surface area contributed by atoms with Gasteiger partial charge in [0, 0.05) is 13.2 Å². The molecule has 1 N–H and O–H groups in total.